The molecule has 190 valence electrons. The van der Waals surface area contributed by atoms with Crippen LogP contribution in [0.25, 0.3) is 16.9 Å². The van der Waals surface area contributed by atoms with E-state index in [1.165, 1.54) is 24.4 Å². The highest BCUT2D eigenvalue weighted by Gasteiger charge is 2.47. The van der Waals surface area contributed by atoms with Gasteiger partial charge in [0.1, 0.15) is 5.82 Å². The van der Waals surface area contributed by atoms with E-state index in [0.29, 0.717) is 10.2 Å². The molecule has 1 atom stereocenters. The van der Waals surface area contributed by atoms with Gasteiger partial charge in [0.15, 0.2) is 9.86 Å². The minimum Gasteiger partial charge on any atom is -0.413 e. The molecule has 0 aliphatic heterocycles. The molecular weight excluding hydrogens is 588 g/mol. The molecule has 7 nitrogen and oxygen atoms in total. The number of hydrogen-bond acceptors (Lipinski definition) is 5. The SMILES string of the molecule is CN/C(=C(\C(=N)OC(F)(F)C(Cl)Br)C(F)(F)F)n1cc(-c2ccc(Cl)c(C(=O)NC3CC3)c2)cn1. The first kappa shape index (κ1) is 27.2. The predicted molar refractivity (Wildman–Crippen MR) is 124 cm³/mol. The van der Waals surface area contributed by atoms with Crippen LogP contribution in [-0.4, -0.2) is 51.2 Å². The zero-order valence-electron chi connectivity index (χ0n) is 17.7. The van der Waals surface area contributed by atoms with Crippen molar-refractivity contribution in [3.63, 3.8) is 0 Å². The van der Waals surface area contributed by atoms with Gasteiger partial charge in [-0.15, -0.1) is 0 Å². The summed E-state index contributed by atoms with van der Waals surface area (Å²) in [5.41, 5.74) is -0.977. The Morgan fingerprint density at radius 1 is 1.29 bits per heavy atom. The third-order valence-corrected chi connectivity index (χ3v) is 5.86. The second-order valence-corrected chi connectivity index (χ2v) is 9.67. The lowest BCUT2D eigenvalue weighted by molar-refractivity contribution is -0.174. The van der Waals surface area contributed by atoms with Gasteiger partial charge < -0.3 is 15.4 Å². The number of carbonyl (C=O) groups excluding carboxylic acids is 1. The van der Waals surface area contributed by atoms with E-state index in [9.17, 15) is 26.7 Å². The Bertz CT molecular complexity index is 1170. The molecule has 3 N–H and O–H groups in total. The number of rotatable bonds is 8. The maximum atomic E-state index is 13.8. The van der Waals surface area contributed by atoms with Gasteiger partial charge in [-0.3, -0.25) is 10.2 Å². The van der Waals surface area contributed by atoms with Crippen molar-refractivity contribution in [3.8, 4) is 11.1 Å². The van der Waals surface area contributed by atoms with Gasteiger partial charge in [0, 0.05) is 24.8 Å². The summed E-state index contributed by atoms with van der Waals surface area (Å²) in [6.07, 6.45) is -5.51. The Morgan fingerprint density at radius 3 is 2.49 bits per heavy atom. The van der Waals surface area contributed by atoms with E-state index in [1.807, 2.05) is 0 Å². The topological polar surface area (TPSA) is 92.0 Å². The Hall–Kier alpha value is -2.38. The fourth-order valence-corrected chi connectivity index (χ4v) is 3.26. The van der Waals surface area contributed by atoms with Crippen molar-refractivity contribution in [2.45, 2.75) is 35.5 Å². The van der Waals surface area contributed by atoms with Crippen molar-refractivity contribution in [1.29, 1.82) is 5.41 Å². The Labute approximate surface area is 214 Å². The number of ether oxygens (including phenoxy) is 1. The van der Waals surface area contributed by atoms with E-state index in [4.69, 9.17) is 28.6 Å². The average Bonchev–Trinajstić information content (AvgIpc) is 3.42. The lowest BCUT2D eigenvalue weighted by Gasteiger charge is -2.23. The fraction of sp³-hybridized carbons (Fsp3) is 0.350. The monoisotopic (exact) mass is 603 g/mol. The standard InChI is InChI=1S/C20H17BrCl2F5N5O2/c1-30-16(14(19(24,25)26)15(29)35-20(27,28)18(21)23)33-8-10(7-31-33)9-2-5-13(22)12(6-9)17(34)32-11-3-4-11/h2,5-8,11,18,29-30H,3-4H2,1H3,(H,32,34)/b16-14-,29-15?. The van der Waals surface area contributed by atoms with Crippen molar-refractivity contribution in [2.24, 2.45) is 0 Å². The van der Waals surface area contributed by atoms with Crippen LogP contribution in [-0.2, 0) is 4.74 Å². The Morgan fingerprint density at radius 2 is 1.94 bits per heavy atom. The van der Waals surface area contributed by atoms with E-state index in [2.05, 4.69) is 36.4 Å². The van der Waals surface area contributed by atoms with Gasteiger partial charge in [0.05, 0.1) is 16.8 Å². The Balaban J connectivity index is 2.00. The van der Waals surface area contributed by atoms with E-state index >= 15 is 0 Å². The van der Waals surface area contributed by atoms with Crippen molar-refractivity contribution < 1.29 is 31.5 Å². The molecule has 1 fully saturated rings. The maximum absolute atomic E-state index is 13.8. The van der Waals surface area contributed by atoms with E-state index in [0.717, 1.165) is 26.1 Å². The van der Waals surface area contributed by atoms with Gasteiger partial charge in [0.2, 0.25) is 5.90 Å². The second kappa shape index (κ2) is 10.3. The first-order valence-corrected chi connectivity index (χ1v) is 11.6. The molecule has 1 heterocycles. The minimum atomic E-state index is -5.28. The highest BCUT2D eigenvalue weighted by Crippen LogP contribution is 2.36. The van der Waals surface area contributed by atoms with Crippen LogP contribution in [0.4, 0.5) is 22.0 Å². The van der Waals surface area contributed by atoms with Gasteiger partial charge >= 0.3 is 12.3 Å². The molecule has 3 rings (SSSR count). The van der Waals surface area contributed by atoms with Crippen LogP contribution in [0.3, 0.4) is 0 Å². The van der Waals surface area contributed by atoms with Crippen LogP contribution < -0.4 is 10.6 Å². The largest absolute Gasteiger partial charge is 0.425 e. The molecule has 0 bridgehead atoms. The van der Waals surface area contributed by atoms with Crippen LogP contribution in [0.1, 0.15) is 23.2 Å². The number of carbonyl (C=O) groups is 1. The molecule has 1 saturated carbocycles. The van der Waals surface area contributed by atoms with Gasteiger partial charge in [-0.25, -0.2) is 4.68 Å². The third-order valence-electron chi connectivity index (χ3n) is 4.74. The van der Waals surface area contributed by atoms with Crippen LogP contribution in [0, 0.1) is 5.41 Å². The van der Waals surface area contributed by atoms with Gasteiger partial charge in [-0.1, -0.05) is 45.2 Å². The molecule has 1 amide bonds. The molecule has 0 spiro atoms. The summed E-state index contributed by atoms with van der Waals surface area (Å²) in [5.74, 6) is -3.12. The molecule has 1 aliphatic rings. The summed E-state index contributed by atoms with van der Waals surface area (Å²) < 4.78 is 71.3. The highest BCUT2D eigenvalue weighted by atomic mass is 79.9. The molecule has 15 heteroatoms. The quantitative estimate of drug-likeness (QED) is 0.158. The van der Waals surface area contributed by atoms with Crippen molar-refractivity contribution >= 4 is 56.8 Å². The summed E-state index contributed by atoms with van der Waals surface area (Å²) in [4.78, 5) is 12.4. The number of alkyl halides is 7. The molecule has 2 aromatic rings. The van der Waals surface area contributed by atoms with Crippen molar-refractivity contribution in [2.75, 3.05) is 7.05 Å². The predicted octanol–water partition coefficient (Wildman–Crippen LogP) is 5.59. The molecule has 1 aliphatic carbocycles. The Kier molecular flexibility index (Phi) is 8.02. The van der Waals surface area contributed by atoms with Crippen molar-refractivity contribution in [3.05, 3.63) is 46.8 Å². The number of benzene rings is 1. The zero-order chi connectivity index (χ0) is 26.1. The number of halogens is 8. The van der Waals surface area contributed by atoms with Gasteiger partial charge in [0.25, 0.3) is 5.91 Å². The summed E-state index contributed by atoms with van der Waals surface area (Å²) in [7, 11) is 1.09. The lowest BCUT2D eigenvalue weighted by atomic mass is 10.1. The van der Waals surface area contributed by atoms with Crippen molar-refractivity contribution in [1.82, 2.24) is 20.4 Å². The molecule has 35 heavy (non-hydrogen) atoms. The molecule has 1 unspecified atom stereocenters. The maximum Gasteiger partial charge on any atom is 0.425 e. The molecule has 1 aromatic carbocycles. The number of nitrogens with one attached hydrogen (secondary N) is 3. The smallest absolute Gasteiger partial charge is 0.413 e. The molecular formula is C20H17BrCl2F5N5O2. The average molecular weight is 605 g/mol. The molecule has 0 radical (unpaired) electrons. The summed E-state index contributed by atoms with van der Waals surface area (Å²) >= 11 is 13.6. The fourth-order valence-electron chi connectivity index (χ4n) is 2.92. The van der Waals surface area contributed by atoms with Crippen LogP contribution in [0.2, 0.25) is 5.02 Å². The highest BCUT2D eigenvalue weighted by molar-refractivity contribution is 9.10. The summed E-state index contributed by atoms with van der Waals surface area (Å²) in [6, 6.07) is 4.53. The minimum absolute atomic E-state index is 0.0811. The zero-order valence-corrected chi connectivity index (χ0v) is 20.8. The van der Waals surface area contributed by atoms with Crippen LogP contribution >= 0.6 is 39.1 Å². The van der Waals surface area contributed by atoms with E-state index in [-0.39, 0.29) is 22.2 Å². The number of nitrogens with zero attached hydrogens (tertiary/aromatic N) is 2. The normalized spacial score (nSPS) is 15.8. The number of aromatic nitrogens is 2. The third kappa shape index (κ3) is 6.44. The first-order chi connectivity index (χ1) is 16.2. The summed E-state index contributed by atoms with van der Waals surface area (Å²) in [5, 5.41) is 16.6. The van der Waals surface area contributed by atoms with Crippen LogP contribution in [0.15, 0.2) is 36.2 Å². The molecule has 0 saturated heterocycles. The summed E-state index contributed by atoms with van der Waals surface area (Å²) in [6.45, 7) is 0. The lowest BCUT2D eigenvalue weighted by Crippen LogP contribution is -2.36. The number of amides is 1. The van der Waals surface area contributed by atoms with E-state index < -0.39 is 39.8 Å². The molecule has 1 aromatic heterocycles. The van der Waals surface area contributed by atoms with Crippen LogP contribution in [0.5, 0.6) is 0 Å². The van der Waals surface area contributed by atoms with Gasteiger partial charge in [-0.05, 0) is 30.5 Å². The van der Waals surface area contributed by atoms with E-state index in [1.54, 1.807) is 0 Å². The second-order valence-electron chi connectivity index (χ2n) is 7.38. The first-order valence-electron chi connectivity index (χ1n) is 9.83. The number of hydrogen-bond donors (Lipinski definition) is 3. The van der Waals surface area contributed by atoms with Gasteiger partial charge in [-0.2, -0.15) is 27.1 Å².